The summed E-state index contributed by atoms with van der Waals surface area (Å²) in [6.07, 6.45) is 4.84. The summed E-state index contributed by atoms with van der Waals surface area (Å²) in [7, 11) is 0. The van der Waals surface area contributed by atoms with E-state index >= 15 is 0 Å². The van der Waals surface area contributed by atoms with Gasteiger partial charge in [0.05, 0.1) is 6.42 Å². The van der Waals surface area contributed by atoms with E-state index in [1.54, 1.807) is 0 Å². The molecule has 0 saturated heterocycles. The fraction of sp³-hybridized carbons (Fsp3) is 0.462. The van der Waals surface area contributed by atoms with Crippen LogP contribution < -0.4 is 26.9 Å². The molecule has 0 aromatic carbocycles. The molecule has 0 aliphatic heterocycles. The van der Waals surface area contributed by atoms with Gasteiger partial charge in [0.25, 0.3) is 0 Å². The van der Waals surface area contributed by atoms with Gasteiger partial charge < -0.3 is 27.4 Å². The number of carboxylic acids is 1. The molecular weight excluding hydrogens is 312 g/mol. The predicted octanol–water partition coefficient (Wildman–Crippen LogP) is -2.34. The highest BCUT2D eigenvalue weighted by molar-refractivity contribution is 5.75. The van der Waals surface area contributed by atoms with Gasteiger partial charge in [-0.25, -0.2) is 4.57 Å². The van der Waals surface area contributed by atoms with Crippen molar-refractivity contribution >= 4 is 11.9 Å². The molecule has 5 nitrogen and oxygen atoms in total. The maximum atomic E-state index is 11.5. The zero-order chi connectivity index (χ0) is 13.4. The first-order valence-electron chi connectivity index (χ1n) is 6.02. The van der Waals surface area contributed by atoms with Gasteiger partial charge in [-0.15, -0.1) is 0 Å². The number of pyridine rings is 1. The van der Waals surface area contributed by atoms with Gasteiger partial charge in [0.15, 0.2) is 18.9 Å². The SMILES string of the molecule is Cc1cc[n+](CCC(=O)NCCCC(=O)O)cc1.[Br-]. The minimum absolute atomic E-state index is 0. The Balaban J connectivity index is 0.00000324. The number of nitrogens with zero attached hydrogens (tertiary/aromatic N) is 1. The van der Waals surface area contributed by atoms with E-state index in [2.05, 4.69) is 5.32 Å². The molecule has 0 atom stereocenters. The molecule has 1 aromatic rings. The summed E-state index contributed by atoms with van der Waals surface area (Å²) >= 11 is 0. The first kappa shape index (κ1) is 17.6. The minimum atomic E-state index is -0.834. The number of carbonyl (C=O) groups excluding carboxylic acids is 1. The monoisotopic (exact) mass is 330 g/mol. The Bertz CT molecular complexity index is 407. The molecule has 0 bridgehead atoms. The van der Waals surface area contributed by atoms with E-state index < -0.39 is 5.97 Å². The highest BCUT2D eigenvalue weighted by Gasteiger charge is 2.06. The van der Waals surface area contributed by atoms with E-state index in [1.165, 1.54) is 5.56 Å². The lowest BCUT2D eigenvalue weighted by atomic mass is 10.3. The fourth-order valence-corrected chi connectivity index (χ4v) is 1.47. The molecule has 0 unspecified atom stereocenters. The first-order chi connectivity index (χ1) is 8.58. The average molecular weight is 331 g/mol. The normalized spacial score (nSPS) is 9.53. The summed E-state index contributed by atoms with van der Waals surface area (Å²) in [5, 5.41) is 11.1. The molecular formula is C13H19BrN2O3. The van der Waals surface area contributed by atoms with E-state index in [9.17, 15) is 9.59 Å². The molecule has 19 heavy (non-hydrogen) atoms. The van der Waals surface area contributed by atoms with Gasteiger partial charge in [-0.2, -0.15) is 0 Å². The minimum Gasteiger partial charge on any atom is -1.00 e. The van der Waals surface area contributed by atoms with Crippen molar-refractivity contribution in [3.8, 4) is 0 Å². The van der Waals surface area contributed by atoms with E-state index in [-0.39, 0.29) is 29.3 Å². The van der Waals surface area contributed by atoms with Crippen LogP contribution in [0.4, 0.5) is 0 Å². The molecule has 0 fully saturated rings. The van der Waals surface area contributed by atoms with E-state index in [0.29, 0.717) is 25.9 Å². The Kier molecular flexibility index (Phi) is 8.78. The second-order valence-electron chi connectivity index (χ2n) is 4.21. The van der Waals surface area contributed by atoms with Gasteiger partial charge in [-0.05, 0) is 18.9 Å². The highest BCUT2D eigenvalue weighted by atomic mass is 79.9. The van der Waals surface area contributed by atoms with E-state index in [4.69, 9.17) is 5.11 Å². The van der Waals surface area contributed by atoms with Gasteiger partial charge in [-0.1, -0.05) is 0 Å². The molecule has 2 N–H and O–H groups in total. The van der Waals surface area contributed by atoms with Crippen LogP contribution in [0, 0.1) is 6.92 Å². The van der Waals surface area contributed by atoms with Gasteiger partial charge >= 0.3 is 5.97 Å². The van der Waals surface area contributed by atoms with Crippen LogP contribution in [-0.2, 0) is 16.1 Å². The molecule has 1 amide bonds. The first-order valence-corrected chi connectivity index (χ1v) is 6.02. The second kappa shape index (κ2) is 9.49. The summed E-state index contributed by atoms with van der Waals surface area (Å²) in [5.41, 5.74) is 1.18. The number of aromatic nitrogens is 1. The third-order valence-corrected chi connectivity index (χ3v) is 2.54. The van der Waals surface area contributed by atoms with Crippen molar-refractivity contribution in [2.45, 2.75) is 32.7 Å². The third-order valence-electron chi connectivity index (χ3n) is 2.54. The largest absolute Gasteiger partial charge is 1.00 e. The Hall–Kier alpha value is -1.43. The molecule has 0 radical (unpaired) electrons. The van der Waals surface area contributed by atoms with Crippen LogP contribution in [0.5, 0.6) is 0 Å². The molecule has 0 spiro atoms. The maximum Gasteiger partial charge on any atom is 0.303 e. The van der Waals surface area contributed by atoms with Crippen molar-refractivity contribution in [3.05, 3.63) is 30.1 Å². The zero-order valence-electron chi connectivity index (χ0n) is 10.9. The number of carboxylic acid groups (broad SMARTS) is 1. The van der Waals surface area contributed by atoms with Gasteiger partial charge in [0, 0.05) is 25.1 Å². The lowest BCUT2D eigenvalue weighted by molar-refractivity contribution is -0.695. The fourth-order valence-electron chi connectivity index (χ4n) is 1.47. The quantitative estimate of drug-likeness (QED) is 0.435. The van der Waals surface area contributed by atoms with Crippen molar-refractivity contribution in [1.82, 2.24) is 5.32 Å². The Labute approximate surface area is 123 Å². The topological polar surface area (TPSA) is 70.3 Å². The van der Waals surface area contributed by atoms with Crippen molar-refractivity contribution in [2.24, 2.45) is 0 Å². The number of aliphatic carboxylic acids is 1. The molecule has 1 rings (SSSR count). The molecule has 1 heterocycles. The van der Waals surface area contributed by atoms with Crippen LogP contribution in [0.15, 0.2) is 24.5 Å². The summed E-state index contributed by atoms with van der Waals surface area (Å²) in [5.74, 6) is -0.882. The average Bonchev–Trinajstić information content (AvgIpc) is 2.34. The number of amides is 1. The zero-order valence-corrected chi connectivity index (χ0v) is 12.5. The number of carbonyl (C=O) groups is 2. The molecule has 6 heteroatoms. The van der Waals surface area contributed by atoms with Crippen molar-refractivity contribution in [1.29, 1.82) is 0 Å². The van der Waals surface area contributed by atoms with Crippen molar-refractivity contribution in [2.75, 3.05) is 6.54 Å². The molecule has 1 aromatic heterocycles. The lowest BCUT2D eigenvalue weighted by Crippen LogP contribution is -3.00. The lowest BCUT2D eigenvalue weighted by Gasteiger charge is -2.02. The van der Waals surface area contributed by atoms with Crippen LogP contribution >= 0.6 is 0 Å². The van der Waals surface area contributed by atoms with Crippen LogP contribution in [0.3, 0.4) is 0 Å². The Morgan fingerprint density at radius 2 is 1.89 bits per heavy atom. The summed E-state index contributed by atoms with van der Waals surface area (Å²) < 4.78 is 1.95. The van der Waals surface area contributed by atoms with E-state index in [0.717, 1.165) is 0 Å². The number of rotatable bonds is 7. The van der Waals surface area contributed by atoms with Crippen LogP contribution in [0.1, 0.15) is 24.8 Å². The maximum absolute atomic E-state index is 11.5. The molecule has 106 valence electrons. The van der Waals surface area contributed by atoms with E-state index in [1.807, 2.05) is 36.0 Å². The predicted molar refractivity (Wildman–Crippen MR) is 65.9 cm³/mol. The van der Waals surface area contributed by atoms with Gasteiger partial charge in [0.1, 0.15) is 0 Å². The second-order valence-corrected chi connectivity index (χ2v) is 4.21. The van der Waals surface area contributed by atoms with Crippen LogP contribution in [0.25, 0.3) is 0 Å². The highest BCUT2D eigenvalue weighted by Crippen LogP contribution is 1.91. The standard InChI is InChI=1S/C13H18N2O3.BrH/c1-11-4-8-15(9-5-11)10-6-12(16)14-7-2-3-13(17)18;/h4-5,8-9H,2-3,6-7,10H2,1H3,(H-,14,16,17,18);1H. The smallest absolute Gasteiger partial charge is 0.303 e. The van der Waals surface area contributed by atoms with Gasteiger partial charge in [0.2, 0.25) is 5.91 Å². The summed E-state index contributed by atoms with van der Waals surface area (Å²) in [4.78, 5) is 21.7. The van der Waals surface area contributed by atoms with Crippen molar-refractivity contribution < 1.29 is 36.2 Å². The molecule has 0 aliphatic rings. The Morgan fingerprint density at radius 1 is 1.26 bits per heavy atom. The van der Waals surface area contributed by atoms with Crippen LogP contribution in [0.2, 0.25) is 0 Å². The van der Waals surface area contributed by atoms with Crippen LogP contribution in [-0.4, -0.2) is 23.5 Å². The number of nitrogens with one attached hydrogen (secondary N) is 1. The molecule has 0 aliphatic carbocycles. The number of hydrogen-bond donors (Lipinski definition) is 2. The summed E-state index contributed by atoms with van der Waals surface area (Å²) in [6.45, 7) is 3.06. The number of aryl methyl sites for hydroxylation is 2. The molecule has 0 saturated carbocycles. The number of hydrogen-bond acceptors (Lipinski definition) is 2. The van der Waals surface area contributed by atoms with Crippen molar-refractivity contribution in [3.63, 3.8) is 0 Å². The Morgan fingerprint density at radius 3 is 2.47 bits per heavy atom. The van der Waals surface area contributed by atoms with Gasteiger partial charge in [-0.3, -0.25) is 9.59 Å². The number of halogens is 1. The third kappa shape index (κ3) is 8.31. The summed E-state index contributed by atoms with van der Waals surface area (Å²) in [6, 6.07) is 3.98.